The van der Waals surface area contributed by atoms with Crippen molar-refractivity contribution in [2.75, 3.05) is 5.32 Å². The molecule has 0 aromatic heterocycles. The third-order valence-electron chi connectivity index (χ3n) is 2.63. The van der Waals surface area contributed by atoms with Gasteiger partial charge in [-0.15, -0.1) is 0 Å². The van der Waals surface area contributed by atoms with E-state index in [0.29, 0.717) is 15.7 Å². The highest BCUT2D eigenvalue weighted by atomic mass is 35.5. The molecule has 0 amide bonds. The standard InChI is InChI=1S/C14H12Cl2FN/c1-9(13-7-10(15)5-6-14(13)16)18-12-4-2-3-11(17)8-12/h2-9,18H,1H3. The molecule has 0 spiro atoms. The van der Waals surface area contributed by atoms with Gasteiger partial charge in [-0.05, 0) is 48.9 Å². The lowest BCUT2D eigenvalue weighted by molar-refractivity contribution is 0.628. The van der Waals surface area contributed by atoms with Gasteiger partial charge >= 0.3 is 0 Å². The molecule has 1 N–H and O–H groups in total. The Kier molecular flexibility index (Phi) is 4.10. The third-order valence-corrected chi connectivity index (χ3v) is 3.21. The molecule has 0 aliphatic rings. The van der Waals surface area contributed by atoms with Crippen molar-refractivity contribution in [2.24, 2.45) is 0 Å². The fraction of sp³-hybridized carbons (Fsp3) is 0.143. The van der Waals surface area contributed by atoms with Crippen molar-refractivity contribution in [3.05, 3.63) is 63.9 Å². The maximum absolute atomic E-state index is 13.1. The molecule has 1 atom stereocenters. The predicted molar refractivity (Wildman–Crippen MR) is 74.9 cm³/mol. The maximum Gasteiger partial charge on any atom is 0.125 e. The Balaban J connectivity index is 2.21. The molecule has 18 heavy (non-hydrogen) atoms. The van der Waals surface area contributed by atoms with Gasteiger partial charge in [-0.25, -0.2) is 4.39 Å². The molecule has 2 rings (SSSR count). The van der Waals surface area contributed by atoms with E-state index in [1.165, 1.54) is 12.1 Å². The second-order valence-corrected chi connectivity index (χ2v) is 4.89. The number of hydrogen-bond donors (Lipinski definition) is 1. The van der Waals surface area contributed by atoms with Crippen LogP contribution in [0.1, 0.15) is 18.5 Å². The average Bonchev–Trinajstić information content (AvgIpc) is 2.32. The first-order chi connectivity index (χ1) is 8.56. The van der Waals surface area contributed by atoms with E-state index in [-0.39, 0.29) is 11.9 Å². The Bertz CT molecular complexity index is 557. The van der Waals surface area contributed by atoms with E-state index < -0.39 is 0 Å². The fourth-order valence-corrected chi connectivity index (χ4v) is 2.21. The van der Waals surface area contributed by atoms with Crippen LogP contribution in [0.2, 0.25) is 10.0 Å². The van der Waals surface area contributed by atoms with Crippen molar-refractivity contribution in [3.8, 4) is 0 Å². The van der Waals surface area contributed by atoms with Gasteiger partial charge in [0.25, 0.3) is 0 Å². The number of halogens is 3. The number of rotatable bonds is 3. The van der Waals surface area contributed by atoms with Crippen LogP contribution in [0.5, 0.6) is 0 Å². The van der Waals surface area contributed by atoms with Crippen LogP contribution in [-0.4, -0.2) is 0 Å². The Morgan fingerprint density at radius 1 is 1.11 bits per heavy atom. The molecule has 4 heteroatoms. The van der Waals surface area contributed by atoms with E-state index in [2.05, 4.69) is 5.32 Å². The molecule has 2 aromatic rings. The summed E-state index contributed by atoms with van der Waals surface area (Å²) in [6.07, 6.45) is 0. The van der Waals surface area contributed by atoms with Crippen LogP contribution < -0.4 is 5.32 Å². The first-order valence-corrected chi connectivity index (χ1v) is 6.29. The highest BCUT2D eigenvalue weighted by molar-refractivity contribution is 6.33. The fourth-order valence-electron chi connectivity index (χ4n) is 1.75. The molecule has 0 radical (unpaired) electrons. The van der Waals surface area contributed by atoms with Crippen molar-refractivity contribution in [2.45, 2.75) is 13.0 Å². The second-order valence-electron chi connectivity index (χ2n) is 4.04. The minimum absolute atomic E-state index is 0.0574. The lowest BCUT2D eigenvalue weighted by atomic mass is 10.1. The summed E-state index contributed by atoms with van der Waals surface area (Å²) in [5, 5.41) is 4.45. The van der Waals surface area contributed by atoms with Gasteiger partial charge in [0.1, 0.15) is 5.82 Å². The van der Waals surface area contributed by atoms with Crippen molar-refractivity contribution in [1.29, 1.82) is 0 Å². The van der Waals surface area contributed by atoms with Crippen molar-refractivity contribution in [3.63, 3.8) is 0 Å². The van der Waals surface area contributed by atoms with E-state index >= 15 is 0 Å². The summed E-state index contributed by atoms with van der Waals surface area (Å²) in [6, 6.07) is 11.5. The predicted octanol–water partition coefficient (Wildman–Crippen LogP) is 5.31. The largest absolute Gasteiger partial charge is 0.378 e. The topological polar surface area (TPSA) is 12.0 Å². The van der Waals surface area contributed by atoms with Crippen LogP contribution in [0, 0.1) is 5.82 Å². The zero-order valence-corrected chi connectivity index (χ0v) is 11.3. The van der Waals surface area contributed by atoms with Crippen LogP contribution in [-0.2, 0) is 0 Å². The Hall–Kier alpha value is -1.25. The van der Waals surface area contributed by atoms with Gasteiger partial charge in [0, 0.05) is 15.7 Å². The molecule has 0 saturated carbocycles. The molecule has 2 aromatic carbocycles. The molecular formula is C14H12Cl2FN. The van der Waals surface area contributed by atoms with Gasteiger partial charge in [0.2, 0.25) is 0 Å². The van der Waals surface area contributed by atoms with Crippen molar-refractivity contribution >= 4 is 28.9 Å². The van der Waals surface area contributed by atoms with Gasteiger partial charge in [0.05, 0.1) is 6.04 Å². The molecule has 0 saturated heterocycles. The first-order valence-electron chi connectivity index (χ1n) is 5.53. The monoisotopic (exact) mass is 283 g/mol. The maximum atomic E-state index is 13.1. The summed E-state index contributed by atoms with van der Waals surface area (Å²) in [6.45, 7) is 1.95. The number of benzene rings is 2. The number of hydrogen-bond acceptors (Lipinski definition) is 1. The van der Waals surface area contributed by atoms with Gasteiger partial charge < -0.3 is 5.32 Å². The van der Waals surface area contributed by atoms with E-state index in [4.69, 9.17) is 23.2 Å². The minimum Gasteiger partial charge on any atom is -0.378 e. The van der Waals surface area contributed by atoms with E-state index in [1.807, 2.05) is 6.92 Å². The van der Waals surface area contributed by atoms with E-state index in [0.717, 1.165) is 5.56 Å². The lowest BCUT2D eigenvalue weighted by Crippen LogP contribution is -2.07. The summed E-state index contributed by atoms with van der Waals surface area (Å²) in [5.74, 6) is -0.274. The zero-order chi connectivity index (χ0) is 13.1. The van der Waals surface area contributed by atoms with Gasteiger partial charge in [-0.2, -0.15) is 0 Å². The summed E-state index contributed by atoms with van der Waals surface area (Å²) in [4.78, 5) is 0. The average molecular weight is 284 g/mol. The lowest BCUT2D eigenvalue weighted by Gasteiger charge is -2.17. The third kappa shape index (κ3) is 3.15. The van der Waals surface area contributed by atoms with Crippen molar-refractivity contribution in [1.82, 2.24) is 0 Å². The van der Waals surface area contributed by atoms with Gasteiger partial charge in [-0.3, -0.25) is 0 Å². The van der Waals surface area contributed by atoms with E-state index in [9.17, 15) is 4.39 Å². The first kappa shape index (κ1) is 13.2. The summed E-state index contributed by atoms with van der Waals surface area (Å²) < 4.78 is 13.1. The Morgan fingerprint density at radius 2 is 1.89 bits per heavy atom. The molecule has 0 aliphatic carbocycles. The highest BCUT2D eigenvalue weighted by Crippen LogP contribution is 2.28. The van der Waals surface area contributed by atoms with Gasteiger partial charge in [-0.1, -0.05) is 29.3 Å². The molecule has 0 fully saturated rings. The Morgan fingerprint density at radius 3 is 2.61 bits per heavy atom. The van der Waals surface area contributed by atoms with Crippen molar-refractivity contribution < 1.29 is 4.39 Å². The van der Waals surface area contributed by atoms with Crippen LogP contribution in [0.15, 0.2) is 42.5 Å². The number of nitrogens with one attached hydrogen (secondary N) is 1. The summed E-state index contributed by atoms with van der Waals surface area (Å²) in [5.41, 5.74) is 1.59. The summed E-state index contributed by atoms with van der Waals surface area (Å²) >= 11 is 12.1. The molecular weight excluding hydrogens is 272 g/mol. The molecule has 1 unspecified atom stereocenters. The Labute approximate surface area is 116 Å². The van der Waals surface area contributed by atoms with Crippen LogP contribution in [0.25, 0.3) is 0 Å². The molecule has 1 nitrogen and oxygen atoms in total. The molecule has 0 bridgehead atoms. The number of anilines is 1. The normalized spacial score (nSPS) is 12.2. The minimum atomic E-state index is -0.274. The van der Waals surface area contributed by atoms with E-state index in [1.54, 1.807) is 30.3 Å². The highest BCUT2D eigenvalue weighted by Gasteiger charge is 2.10. The van der Waals surface area contributed by atoms with Crippen LogP contribution >= 0.6 is 23.2 Å². The molecule has 94 valence electrons. The van der Waals surface area contributed by atoms with Crippen LogP contribution in [0.3, 0.4) is 0 Å². The van der Waals surface area contributed by atoms with Crippen LogP contribution in [0.4, 0.5) is 10.1 Å². The SMILES string of the molecule is CC(Nc1cccc(F)c1)c1cc(Cl)ccc1Cl. The smallest absolute Gasteiger partial charge is 0.125 e. The molecule has 0 heterocycles. The molecule has 0 aliphatic heterocycles. The zero-order valence-electron chi connectivity index (χ0n) is 9.75. The second kappa shape index (κ2) is 5.59. The quantitative estimate of drug-likeness (QED) is 0.805. The van der Waals surface area contributed by atoms with Gasteiger partial charge in [0.15, 0.2) is 0 Å². The summed E-state index contributed by atoms with van der Waals surface area (Å²) in [7, 11) is 0.